The minimum atomic E-state index is -0.431. The molecule has 134 valence electrons. The zero-order valence-corrected chi connectivity index (χ0v) is 14.4. The van der Waals surface area contributed by atoms with Crippen molar-refractivity contribution in [3.8, 4) is 0 Å². The van der Waals surface area contributed by atoms with E-state index in [-0.39, 0.29) is 6.04 Å². The van der Waals surface area contributed by atoms with Crippen LogP contribution < -0.4 is 10.6 Å². The molecule has 1 aromatic heterocycles. The summed E-state index contributed by atoms with van der Waals surface area (Å²) in [6.45, 7) is 3.08. The number of fused-ring (bicyclic) bond motifs is 1. The van der Waals surface area contributed by atoms with Gasteiger partial charge in [0, 0.05) is 26.1 Å². The van der Waals surface area contributed by atoms with Gasteiger partial charge in [-0.3, -0.25) is 4.99 Å². The third-order valence-electron chi connectivity index (χ3n) is 4.22. The molecule has 6 nitrogen and oxygen atoms in total. The van der Waals surface area contributed by atoms with Gasteiger partial charge in [-0.05, 0) is 43.5 Å². The van der Waals surface area contributed by atoms with Crippen molar-refractivity contribution in [1.82, 2.24) is 25.4 Å². The van der Waals surface area contributed by atoms with E-state index in [1.807, 2.05) is 11.6 Å². The molecule has 1 atom stereocenters. The Morgan fingerprint density at radius 3 is 3.04 bits per heavy atom. The molecule has 1 unspecified atom stereocenters. The van der Waals surface area contributed by atoms with Crippen LogP contribution in [0.25, 0.3) is 0 Å². The maximum absolute atomic E-state index is 13.6. The predicted molar refractivity (Wildman–Crippen MR) is 91.4 cm³/mol. The van der Waals surface area contributed by atoms with Crippen molar-refractivity contribution < 1.29 is 8.78 Å². The van der Waals surface area contributed by atoms with Crippen LogP contribution in [0.4, 0.5) is 8.78 Å². The molecule has 0 radical (unpaired) electrons. The Kier molecular flexibility index (Phi) is 5.25. The van der Waals surface area contributed by atoms with E-state index in [1.165, 1.54) is 6.07 Å². The molecule has 0 fully saturated rings. The number of nitrogens with zero attached hydrogens (tertiary/aromatic N) is 4. The fourth-order valence-corrected chi connectivity index (χ4v) is 2.99. The van der Waals surface area contributed by atoms with Crippen molar-refractivity contribution in [3.63, 3.8) is 0 Å². The number of aliphatic imine (C=N–C) groups is 1. The Balaban J connectivity index is 1.51. The summed E-state index contributed by atoms with van der Waals surface area (Å²) in [5, 5.41) is 10.9. The van der Waals surface area contributed by atoms with Crippen molar-refractivity contribution in [1.29, 1.82) is 0 Å². The lowest BCUT2D eigenvalue weighted by atomic mass is 10.1. The average molecular weight is 348 g/mol. The van der Waals surface area contributed by atoms with Crippen molar-refractivity contribution in [2.75, 3.05) is 13.6 Å². The highest BCUT2D eigenvalue weighted by atomic mass is 19.1. The van der Waals surface area contributed by atoms with Crippen molar-refractivity contribution in [2.24, 2.45) is 4.99 Å². The molecular weight excluding hydrogens is 326 g/mol. The number of benzene rings is 1. The molecule has 8 heteroatoms. The van der Waals surface area contributed by atoms with Crippen molar-refractivity contribution in [3.05, 3.63) is 47.0 Å². The van der Waals surface area contributed by atoms with Gasteiger partial charge in [-0.15, -0.1) is 0 Å². The van der Waals surface area contributed by atoms with Crippen molar-refractivity contribution in [2.45, 2.75) is 38.8 Å². The van der Waals surface area contributed by atoms with Crippen molar-refractivity contribution >= 4 is 5.96 Å². The first-order valence-electron chi connectivity index (χ1n) is 8.36. The van der Waals surface area contributed by atoms with Gasteiger partial charge in [-0.2, -0.15) is 5.10 Å². The van der Waals surface area contributed by atoms with Gasteiger partial charge in [-0.1, -0.05) is 0 Å². The molecule has 0 saturated carbocycles. The smallest absolute Gasteiger partial charge is 0.191 e. The third-order valence-corrected chi connectivity index (χ3v) is 4.22. The molecule has 0 spiro atoms. The molecule has 2 aromatic rings. The van der Waals surface area contributed by atoms with Crippen LogP contribution in [0.2, 0.25) is 0 Å². The largest absolute Gasteiger partial charge is 0.356 e. The van der Waals surface area contributed by atoms with E-state index in [0.717, 1.165) is 43.2 Å². The topological polar surface area (TPSA) is 67.1 Å². The summed E-state index contributed by atoms with van der Waals surface area (Å²) in [5.74, 6) is 1.62. The molecule has 25 heavy (non-hydrogen) atoms. The Hall–Kier alpha value is -2.51. The number of nitrogens with one attached hydrogen (secondary N) is 2. The van der Waals surface area contributed by atoms with E-state index in [4.69, 9.17) is 0 Å². The van der Waals surface area contributed by atoms with E-state index < -0.39 is 11.6 Å². The quantitative estimate of drug-likeness (QED) is 0.650. The van der Waals surface area contributed by atoms with Crippen LogP contribution in [0, 0.1) is 18.6 Å². The summed E-state index contributed by atoms with van der Waals surface area (Å²) in [6.07, 6.45) is 2.18. The van der Waals surface area contributed by atoms with Gasteiger partial charge in [0.15, 0.2) is 5.96 Å². The first kappa shape index (κ1) is 17.3. The van der Waals surface area contributed by atoms with Gasteiger partial charge in [-0.25, -0.2) is 18.4 Å². The molecule has 0 bridgehead atoms. The number of halogens is 2. The Morgan fingerprint density at radius 2 is 2.24 bits per heavy atom. The summed E-state index contributed by atoms with van der Waals surface area (Å²) < 4.78 is 28.8. The molecule has 2 heterocycles. The van der Waals surface area contributed by atoms with Crippen LogP contribution in [0.15, 0.2) is 23.2 Å². The van der Waals surface area contributed by atoms with E-state index in [2.05, 4.69) is 25.7 Å². The second-order valence-corrected chi connectivity index (χ2v) is 6.12. The highest BCUT2D eigenvalue weighted by Crippen LogP contribution is 2.13. The zero-order chi connectivity index (χ0) is 17.8. The molecule has 2 N–H and O–H groups in total. The standard InChI is InChI=1S/C17H22F2N6/c1-11-22-16-6-4-14(10-25(16)24-11)23-17(20-2)21-8-7-12-9-13(18)3-5-15(12)19/h3,5,9,14H,4,6-8,10H2,1-2H3,(H2,20,21,23). The number of hydrogen-bond acceptors (Lipinski definition) is 3. The molecule has 0 amide bonds. The summed E-state index contributed by atoms with van der Waals surface area (Å²) in [7, 11) is 1.69. The van der Waals surface area contributed by atoms with Gasteiger partial charge in [0.2, 0.25) is 0 Å². The zero-order valence-electron chi connectivity index (χ0n) is 14.4. The summed E-state index contributed by atoms with van der Waals surface area (Å²) >= 11 is 0. The SMILES string of the molecule is CN=C(NCCc1cc(F)ccc1F)NC1CCc2nc(C)nn2C1. The summed E-state index contributed by atoms with van der Waals surface area (Å²) in [4.78, 5) is 8.59. The Bertz CT molecular complexity index is 770. The molecule has 3 rings (SSSR count). The van der Waals surface area contributed by atoms with Crippen LogP contribution in [-0.4, -0.2) is 40.4 Å². The van der Waals surface area contributed by atoms with E-state index in [0.29, 0.717) is 24.5 Å². The van der Waals surface area contributed by atoms with E-state index in [9.17, 15) is 8.78 Å². The fourth-order valence-electron chi connectivity index (χ4n) is 2.99. The average Bonchev–Trinajstić information content (AvgIpc) is 2.96. The monoisotopic (exact) mass is 348 g/mol. The molecule has 0 aliphatic carbocycles. The highest BCUT2D eigenvalue weighted by Gasteiger charge is 2.21. The van der Waals surface area contributed by atoms with Crippen LogP contribution in [0.3, 0.4) is 0 Å². The fraction of sp³-hybridized carbons (Fsp3) is 0.471. The molecule has 0 saturated heterocycles. The third kappa shape index (κ3) is 4.32. The minimum absolute atomic E-state index is 0.200. The van der Waals surface area contributed by atoms with Gasteiger partial charge in [0.05, 0.1) is 6.54 Å². The second kappa shape index (κ2) is 7.58. The lowest BCUT2D eigenvalue weighted by Gasteiger charge is -2.25. The minimum Gasteiger partial charge on any atom is -0.356 e. The first-order valence-corrected chi connectivity index (χ1v) is 8.36. The van der Waals surface area contributed by atoms with Crippen LogP contribution >= 0.6 is 0 Å². The Morgan fingerprint density at radius 1 is 1.40 bits per heavy atom. The van der Waals surface area contributed by atoms with Crippen LogP contribution in [0.1, 0.15) is 23.6 Å². The number of hydrogen-bond donors (Lipinski definition) is 2. The highest BCUT2D eigenvalue weighted by molar-refractivity contribution is 5.79. The normalized spacial score (nSPS) is 17.3. The lowest BCUT2D eigenvalue weighted by Crippen LogP contribution is -2.47. The molecule has 1 aliphatic rings. The molecule has 1 aliphatic heterocycles. The number of rotatable bonds is 4. The van der Waals surface area contributed by atoms with Gasteiger partial charge in [0.25, 0.3) is 0 Å². The maximum Gasteiger partial charge on any atom is 0.191 e. The van der Waals surface area contributed by atoms with Gasteiger partial charge >= 0.3 is 0 Å². The molecule has 1 aromatic carbocycles. The van der Waals surface area contributed by atoms with Gasteiger partial charge < -0.3 is 10.6 Å². The number of aryl methyl sites for hydroxylation is 2. The number of aromatic nitrogens is 3. The number of guanidine groups is 1. The van der Waals surface area contributed by atoms with Gasteiger partial charge in [0.1, 0.15) is 23.3 Å². The first-order chi connectivity index (χ1) is 12.0. The van der Waals surface area contributed by atoms with E-state index in [1.54, 1.807) is 7.05 Å². The summed E-state index contributed by atoms with van der Waals surface area (Å²) in [6, 6.07) is 3.70. The maximum atomic E-state index is 13.6. The Labute approximate surface area is 145 Å². The second-order valence-electron chi connectivity index (χ2n) is 6.12. The van der Waals surface area contributed by atoms with E-state index >= 15 is 0 Å². The van der Waals surface area contributed by atoms with Crippen LogP contribution in [0.5, 0.6) is 0 Å². The van der Waals surface area contributed by atoms with Crippen LogP contribution in [-0.2, 0) is 19.4 Å². The summed E-state index contributed by atoms with van der Waals surface area (Å²) in [5.41, 5.74) is 0.350. The molecular formula is C17H22F2N6. The lowest BCUT2D eigenvalue weighted by molar-refractivity contribution is 0.392. The predicted octanol–water partition coefficient (Wildman–Crippen LogP) is 1.59.